The standard InChI is InChI=1S/C23H38N2OS/c1-4-5-6-7-8-9-10-11-12-13-14-18-22(26)25-23(27)24-21-17-15-16-19(2)20(21)3/h15-17H,4-14,18H2,1-3H3,(H2,24,25,26,27). The molecule has 0 bridgehead atoms. The summed E-state index contributed by atoms with van der Waals surface area (Å²) in [5, 5.41) is 6.30. The fourth-order valence-corrected chi connectivity index (χ4v) is 3.40. The number of carbonyl (C=O) groups excluding carboxylic acids is 1. The number of rotatable bonds is 13. The lowest BCUT2D eigenvalue weighted by atomic mass is 10.1. The van der Waals surface area contributed by atoms with E-state index in [0.29, 0.717) is 11.5 Å². The molecule has 2 N–H and O–H groups in total. The number of thiocarbonyl (C=S) groups is 1. The maximum Gasteiger partial charge on any atom is 0.226 e. The van der Waals surface area contributed by atoms with Crippen LogP contribution >= 0.6 is 12.2 Å². The molecule has 0 saturated heterocycles. The van der Waals surface area contributed by atoms with E-state index >= 15 is 0 Å². The number of benzene rings is 1. The number of amides is 1. The van der Waals surface area contributed by atoms with Crippen LogP contribution in [0.5, 0.6) is 0 Å². The Morgan fingerprint density at radius 3 is 2.04 bits per heavy atom. The minimum Gasteiger partial charge on any atom is -0.332 e. The number of nitrogens with one attached hydrogen (secondary N) is 2. The predicted octanol–water partition coefficient (Wildman–Crippen LogP) is 6.82. The van der Waals surface area contributed by atoms with Gasteiger partial charge in [0.25, 0.3) is 0 Å². The summed E-state index contributed by atoms with van der Waals surface area (Å²) in [7, 11) is 0. The molecule has 1 amide bonds. The van der Waals surface area contributed by atoms with Gasteiger partial charge in [0.15, 0.2) is 5.11 Å². The van der Waals surface area contributed by atoms with Crippen LogP contribution < -0.4 is 10.6 Å². The number of hydrogen-bond acceptors (Lipinski definition) is 2. The van der Waals surface area contributed by atoms with Crippen molar-refractivity contribution in [2.24, 2.45) is 0 Å². The second kappa shape index (κ2) is 14.6. The van der Waals surface area contributed by atoms with E-state index in [0.717, 1.165) is 24.1 Å². The van der Waals surface area contributed by atoms with Crippen molar-refractivity contribution in [1.82, 2.24) is 5.32 Å². The Labute approximate surface area is 171 Å². The van der Waals surface area contributed by atoms with Gasteiger partial charge in [0.1, 0.15) is 0 Å². The van der Waals surface area contributed by atoms with Crippen molar-refractivity contribution in [2.75, 3.05) is 5.32 Å². The number of carbonyl (C=O) groups is 1. The average molecular weight is 391 g/mol. The lowest BCUT2D eigenvalue weighted by Gasteiger charge is -2.13. The van der Waals surface area contributed by atoms with Crippen LogP contribution in [0.3, 0.4) is 0 Å². The first-order valence-corrected chi connectivity index (χ1v) is 11.1. The van der Waals surface area contributed by atoms with Gasteiger partial charge in [0.2, 0.25) is 5.91 Å². The maximum atomic E-state index is 12.0. The van der Waals surface area contributed by atoms with E-state index in [1.54, 1.807) is 0 Å². The van der Waals surface area contributed by atoms with E-state index in [2.05, 4.69) is 30.5 Å². The molecular formula is C23H38N2OS. The van der Waals surface area contributed by atoms with Gasteiger partial charge in [-0.2, -0.15) is 0 Å². The molecule has 1 aromatic carbocycles. The number of aryl methyl sites for hydroxylation is 1. The monoisotopic (exact) mass is 390 g/mol. The second-order valence-electron chi connectivity index (χ2n) is 7.54. The first-order chi connectivity index (χ1) is 13.0. The zero-order chi connectivity index (χ0) is 19.9. The van der Waals surface area contributed by atoms with Crippen molar-refractivity contribution >= 4 is 28.9 Å². The van der Waals surface area contributed by atoms with Crippen LogP contribution in [-0.2, 0) is 4.79 Å². The summed E-state index contributed by atoms with van der Waals surface area (Å²) in [5.41, 5.74) is 3.31. The smallest absolute Gasteiger partial charge is 0.226 e. The van der Waals surface area contributed by atoms with Crippen LogP contribution in [0.15, 0.2) is 18.2 Å². The summed E-state index contributed by atoms with van der Waals surface area (Å²) in [5.74, 6) is 0.00808. The first-order valence-electron chi connectivity index (χ1n) is 10.7. The van der Waals surface area contributed by atoms with E-state index < -0.39 is 0 Å². The third-order valence-corrected chi connectivity index (χ3v) is 5.32. The van der Waals surface area contributed by atoms with Crippen LogP contribution in [0.25, 0.3) is 0 Å². The van der Waals surface area contributed by atoms with E-state index in [-0.39, 0.29) is 5.91 Å². The molecule has 0 radical (unpaired) electrons. The van der Waals surface area contributed by atoms with Gasteiger partial charge < -0.3 is 10.6 Å². The van der Waals surface area contributed by atoms with Crippen LogP contribution in [0, 0.1) is 13.8 Å². The average Bonchev–Trinajstić information content (AvgIpc) is 2.63. The highest BCUT2D eigenvalue weighted by molar-refractivity contribution is 7.80. The maximum absolute atomic E-state index is 12.0. The summed E-state index contributed by atoms with van der Waals surface area (Å²) >= 11 is 5.26. The van der Waals surface area contributed by atoms with Crippen molar-refractivity contribution in [3.8, 4) is 0 Å². The molecule has 0 aliphatic heterocycles. The Balaban J connectivity index is 2.04. The molecule has 0 unspecified atom stereocenters. The zero-order valence-electron chi connectivity index (χ0n) is 17.5. The predicted molar refractivity (Wildman–Crippen MR) is 121 cm³/mol. The lowest BCUT2D eigenvalue weighted by molar-refractivity contribution is -0.119. The van der Waals surface area contributed by atoms with Crippen molar-refractivity contribution in [3.05, 3.63) is 29.3 Å². The molecular weight excluding hydrogens is 352 g/mol. The highest BCUT2D eigenvalue weighted by Gasteiger charge is 2.07. The Kier molecular flexibility index (Phi) is 12.8. The molecule has 0 fully saturated rings. The number of hydrogen-bond donors (Lipinski definition) is 2. The fraction of sp³-hybridized carbons (Fsp3) is 0.652. The Morgan fingerprint density at radius 1 is 0.889 bits per heavy atom. The van der Waals surface area contributed by atoms with Crippen molar-refractivity contribution in [1.29, 1.82) is 0 Å². The molecule has 1 rings (SSSR count). The molecule has 0 aromatic heterocycles. The van der Waals surface area contributed by atoms with Gasteiger partial charge in [-0.25, -0.2) is 0 Å². The number of anilines is 1. The molecule has 0 atom stereocenters. The molecule has 0 aliphatic carbocycles. The zero-order valence-corrected chi connectivity index (χ0v) is 18.4. The summed E-state index contributed by atoms with van der Waals surface area (Å²) < 4.78 is 0. The van der Waals surface area contributed by atoms with Crippen molar-refractivity contribution < 1.29 is 4.79 Å². The normalized spacial score (nSPS) is 10.6. The quantitative estimate of drug-likeness (QED) is 0.287. The van der Waals surface area contributed by atoms with Crippen LogP contribution in [-0.4, -0.2) is 11.0 Å². The topological polar surface area (TPSA) is 41.1 Å². The van der Waals surface area contributed by atoms with Crippen LogP contribution in [0.4, 0.5) is 5.69 Å². The third-order valence-electron chi connectivity index (χ3n) is 5.11. The Morgan fingerprint density at radius 2 is 1.44 bits per heavy atom. The molecule has 0 heterocycles. The molecule has 0 saturated carbocycles. The van der Waals surface area contributed by atoms with Crippen LogP contribution in [0.2, 0.25) is 0 Å². The van der Waals surface area contributed by atoms with Gasteiger partial charge in [0.05, 0.1) is 0 Å². The molecule has 0 spiro atoms. The second-order valence-corrected chi connectivity index (χ2v) is 7.94. The molecule has 4 heteroatoms. The molecule has 0 aliphatic rings. The summed E-state index contributed by atoms with van der Waals surface area (Å²) in [6.45, 7) is 6.37. The summed E-state index contributed by atoms with van der Waals surface area (Å²) in [4.78, 5) is 12.0. The summed E-state index contributed by atoms with van der Waals surface area (Å²) in [6.07, 6.45) is 14.7. The minimum atomic E-state index is 0.00808. The lowest BCUT2D eigenvalue weighted by Crippen LogP contribution is -2.34. The molecule has 27 heavy (non-hydrogen) atoms. The minimum absolute atomic E-state index is 0.00808. The van der Waals surface area contributed by atoms with Gasteiger partial charge in [-0.15, -0.1) is 0 Å². The third kappa shape index (κ3) is 11.1. The fourth-order valence-electron chi connectivity index (χ4n) is 3.18. The van der Waals surface area contributed by atoms with Gasteiger partial charge in [-0.05, 0) is 49.7 Å². The van der Waals surface area contributed by atoms with Gasteiger partial charge in [-0.1, -0.05) is 83.3 Å². The van der Waals surface area contributed by atoms with E-state index in [4.69, 9.17) is 12.2 Å². The largest absolute Gasteiger partial charge is 0.332 e. The van der Waals surface area contributed by atoms with Gasteiger partial charge in [0, 0.05) is 12.1 Å². The molecule has 3 nitrogen and oxygen atoms in total. The van der Waals surface area contributed by atoms with E-state index in [1.165, 1.54) is 63.4 Å². The van der Waals surface area contributed by atoms with E-state index in [1.807, 2.05) is 19.1 Å². The highest BCUT2D eigenvalue weighted by Crippen LogP contribution is 2.17. The SMILES string of the molecule is CCCCCCCCCCCCCC(=O)NC(=S)Nc1cccc(C)c1C. The van der Waals surface area contributed by atoms with Crippen molar-refractivity contribution in [2.45, 2.75) is 97.8 Å². The van der Waals surface area contributed by atoms with Gasteiger partial charge >= 0.3 is 0 Å². The van der Waals surface area contributed by atoms with Crippen LogP contribution in [0.1, 0.15) is 95.1 Å². The van der Waals surface area contributed by atoms with Crippen molar-refractivity contribution in [3.63, 3.8) is 0 Å². The first kappa shape index (κ1) is 23.6. The molecule has 1 aromatic rings. The van der Waals surface area contributed by atoms with E-state index in [9.17, 15) is 4.79 Å². The Hall–Kier alpha value is -1.42. The highest BCUT2D eigenvalue weighted by atomic mass is 32.1. The molecule has 152 valence electrons. The summed E-state index contributed by atoms with van der Waals surface area (Å²) in [6, 6.07) is 6.03. The van der Waals surface area contributed by atoms with Gasteiger partial charge in [-0.3, -0.25) is 4.79 Å². The Bertz CT molecular complexity index is 571. The number of unbranched alkanes of at least 4 members (excludes halogenated alkanes) is 10.